The molecule has 27 heavy (non-hydrogen) atoms. The van der Waals surface area contributed by atoms with Crippen molar-refractivity contribution in [3.8, 4) is 22.5 Å². The number of imidazole rings is 1. The average Bonchev–Trinajstić information content (AvgIpc) is 3.19. The minimum atomic E-state index is 0.369. The highest BCUT2D eigenvalue weighted by Crippen LogP contribution is 2.34. The highest BCUT2D eigenvalue weighted by atomic mass is 16.5. The van der Waals surface area contributed by atoms with Crippen molar-refractivity contribution in [3.63, 3.8) is 0 Å². The molecule has 1 N–H and O–H groups in total. The van der Waals surface area contributed by atoms with Crippen LogP contribution in [0.25, 0.3) is 22.5 Å². The summed E-state index contributed by atoms with van der Waals surface area (Å²) in [5.41, 5.74) is 4.61. The molecular formula is C23H27N3O. The minimum Gasteiger partial charge on any atom is -0.379 e. The summed E-state index contributed by atoms with van der Waals surface area (Å²) in [5.74, 6) is 0. The molecule has 0 aliphatic carbocycles. The third-order valence-corrected chi connectivity index (χ3v) is 5.29. The number of aromatic nitrogens is 2. The lowest BCUT2D eigenvalue weighted by Gasteiger charge is -2.25. The van der Waals surface area contributed by atoms with Crippen molar-refractivity contribution in [2.75, 3.05) is 19.8 Å². The Hall–Kier alpha value is -2.43. The Morgan fingerprint density at radius 1 is 1.07 bits per heavy atom. The second-order valence-corrected chi connectivity index (χ2v) is 7.23. The van der Waals surface area contributed by atoms with Gasteiger partial charge in [0.2, 0.25) is 0 Å². The summed E-state index contributed by atoms with van der Waals surface area (Å²) in [6.07, 6.45) is 4.19. The van der Waals surface area contributed by atoms with E-state index >= 15 is 0 Å². The van der Waals surface area contributed by atoms with E-state index in [0.717, 1.165) is 43.9 Å². The molecule has 0 bridgehead atoms. The molecule has 3 aromatic rings. The number of benzene rings is 2. The van der Waals surface area contributed by atoms with Crippen LogP contribution in [-0.2, 0) is 4.74 Å². The van der Waals surface area contributed by atoms with Crippen molar-refractivity contribution in [2.45, 2.75) is 31.8 Å². The number of nitrogens with one attached hydrogen (secondary N) is 1. The van der Waals surface area contributed by atoms with Gasteiger partial charge in [-0.2, -0.15) is 0 Å². The molecule has 0 spiro atoms. The fourth-order valence-corrected chi connectivity index (χ4v) is 3.77. The summed E-state index contributed by atoms with van der Waals surface area (Å²) in [5, 5.41) is 3.55. The molecule has 0 amide bonds. The van der Waals surface area contributed by atoms with Crippen molar-refractivity contribution < 1.29 is 4.74 Å². The SMILES string of the molecule is CC(CCC1COCCN1)n1cnc(-c2ccccc2)c1-c1ccccc1. The maximum Gasteiger partial charge on any atom is 0.0963 e. The van der Waals surface area contributed by atoms with Crippen LogP contribution in [0.4, 0.5) is 0 Å². The number of morpholine rings is 1. The molecule has 0 radical (unpaired) electrons. The summed E-state index contributed by atoms with van der Waals surface area (Å²) < 4.78 is 7.93. The van der Waals surface area contributed by atoms with Crippen molar-refractivity contribution in [1.82, 2.24) is 14.9 Å². The number of ether oxygens (including phenoxy) is 1. The third-order valence-electron chi connectivity index (χ3n) is 5.29. The van der Waals surface area contributed by atoms with Crippen LogP contribution in [0.5, 0.6) is 0 Å². The first-order valence-corrected chi connectivity index (χ1v) is 9.81. The predicted molar refractivity (Wildman–Crippen MR) is 110 cm³/mol. The van der Waals surface area contributed by atoms with Crippen molar-refractivity contribution in [1.29, 1.82) is 0 Å². The lowest BCUT2D eigenvalue weighted by molar-refractivity contribution is 0.0724. The molecule has 0 saturated carbocycles. The smallest absolute Gasteiger partial charge is 0.0963 e. The number of nitrogens with zero attached hydrogens (tertiary/aromatic N) is 2. The predicted octanol–water partition coefficient (Wildman–Crippen LogP) is 4.55. The molecule has 140 valence electrons. The second kappa shape index (κ2) is 8.51. The van der Waals surface area contributed by atoms with Crippen LogP contribution in [0.1, 0.15) is 25.8 Å². The lowest BCUT2D eigenvalue weighted by Crippen LogP contribution is -2.41. The van der Waals surface area contributed by atoms with Crippen LogP contribution in [0, 0.1) is 0 Å². The van der Waals surface area contributed by atoms with E-state index in [1.165, 1.54) is 11.3 Å². The van der Waals surface area contributed by atoms with E-state index in [1.54, 1.807) is 0 Å². The van der Waals surface area contributed by atoms with Gasteiger partial charge in [-0.3, -0.25) is 0 Å². The first kappa shape index (κ1) is 18.0. The van der Waals surface area contributed by atoms with Crippen LogP contribution in [0.3, 0.4) is 0 Å². The Bertz CT molecular complexity index is 839. The first-order valence-electron chi connectivity index (χ1n) is 9.81. The van der Waals surface area contributed by atoms with Gasteiger partial charge in [0.15, 0.2) is 0 Å². The van der Waals surface area contributed by atoms with E-state index in [1.807, 2.05) is 12.4 Å². The highest BCUT2D eigenvalue weighted by Gasteiger charge is 2.20. The summed E-state index contributed by atoms with van der Waals surface area (Å²) in [7, 11) is 0. The van der Waals surface area contributed by atoms with Crippen molar-refractivity contribution >= 4 is 0 Å². The van der Waals surface area contributed by atoms with Crippen molar-refractivity contribution in [3.05, 3.63) is 67.0 Å². The van der Waals surface area contributed by atoms with Gasteiger partial charge >= 0.3 is 0 Å². The Morgan fingerprint density at radius 2 is 1.78 bits per heavy atom. The van der Waals surface area contributed by atoms with Gasteiger partial charge in [-0.05, 0) is 19.8 Å². The monoisotopic (exact) mass is 361 g/mol. The van der Waals surface area contributed by atoms with Gasteiger partial charge in [0, 0.05) is 29.8 Å². The van der Waals surface area contributed by atoms with E-state index < -0.39 is 0 Å². The van der Waals surface area contributed by atoms with E-state index in [2.05, 4.69) is 71.4 Å². The average molecular weight is 361 g/mol. The number of rotatable bonds is 6. The molecule has 2 unspecified atom stereocenters. The zero-order valence-electron chi connectivity index (χ0n) is 15.8. The van der Waals surface area contributed by atoms with Gasteiger partial charge < -0.3 is 14.6 Å². The van der Waals surface area contributed by atoms with Gasteiger partial charge in [0.25, 0.3) is 0 Å². The Balaban J connectivity index is 1.63. The summed E-state index contributed by atoms with van der Waals surface area (Å²) in [6.45, 7) is 4.88. The summed E-state index contributed by atoms with van der Waals surface area (Å²) in [4.78, 5) is 4.80. The molecule has 4 heteroatoms. The van der Waals surface area contributed by atoms with Crippen molar-refractivity contribution in [2.24, 2.45) is 0 Å². The fourth-order valence-electron chi connectivity index (χ4n) is 3.77. The quantitative estimate of drug-likeness (QED) is 0.700. The lowest BCUT2D eigenvalue weighted by atomic mass is 10.0. The Labute approximate surface area is 161 Å². The van der Waals surface area contributed by atoms with Crippen LogP contribution in [0.15, 0.2) is 67.0 Å². The molecule has 2 heterocycles. The van der Waals surface area contributed by atoms with E-state index in [4.69, 9.17) is 9.72 Å². The van der Waals surface area contributed by atoms with Gasteiger partial charge in [0.05, 0.1) is 30.9 Å². The number of hydrogen-bond acceptors (Lipinski definition) is 3. The Kier molecular flexibility index (Phi) is 5.66. The highest BCUT2D eigenvalue weighted by molar-refractivity contribution is 5.78. The minimum absolute atomic E-state index is 0.369. The van der Waals surface area contributed by atoms with E-state index in [0.29, 0.717) is 12.1 Å². The van der Waals surface area contributed by atoms with Gasteiger partial charge in [-0.15, -0.1) is 0 Å². The van der Waals surface area contributed by atoms with Crippen LogP contribution in [-0.4, -0.2) is 35.4 Å². The third kappa shape index (κ3) is 4.12. The zero-order chi connectivity index (χ0) is 18.5. The standard InChI is InChI=1S/C23H27N3O/c1-18(12-13-21-16-27-15-14-24-21)26-17-25-22(19-8-4-2-5-9-19)23(26)20-10-6-3-7-11-20/h2-11,17-18,21,24H,12-16H2,1H3. The van der Waals surface area contributed by atoms with Gasteiger partial charge in [-0.1, -0.05) is 60.7 Å². The first-order chi connectivity index (χ1) is 13.3. The molecule has 4 nitrogen and oxygen atoms in total. The largest absolute Gasteiger partial charge is 0.379 e. The summed E-state index contributed by atoms with van der Waals surface area (Å²) in [6, 6.07) is 21.9. The van der Waals surface area contributed by atoms with E-state index in [9.17, 15) is 0 Å². The molecule has 2 atom stereocenters. The van der Waals surface area contributed by atoms with Gasteiger partial charge in [-0.25, -0.2) is 4.98 Å². The molecule has 4 rings (SSSR count). The molecule has 1 fully saturated rings. The van der Waals surface area contributed by atoms with Crippen LogP contribution < -0.4 is 5.32 Å². The normalized spacial score (nSPS) is 18.3. The number of hydrogen-bond donors (Lipinski definition) is 1. The molecular weight excluding hydrogens is 334 g/mol. The van der Waals surface area contributed by atoms with E-state index in [-0.39, 0.29) is 0 Å². The molecule has 2 aromatic carbocycles. The second-order valence-electron chi connectivity index (χ2n) is 7.23. The fraction of sp³-hybridized carbons (Fsp3) is 0.348. The maximum absolute atomic E-state index is 5.59. The van der Waals surface area contributed by atoms with Gasteiger partial charge in [0.1, 0.15) is 0 Å². The maximum atomic E-state index is 5.59. The van der Waals surface area contributed by atoms with Crippen LogP contribution >= 0.6 is 0 Å². The summed E-state index contributed by atoms with van der Waals surface area (Å²) >= 11 is 0. The Morgan fingerprint density at radius 3 is 2.44 bits per heavy atom. The zero-order valence-corrected chi connectivity index (χ0v) is 15.8. The molecule has 1 aromatic heterocycles. The topological polar surface area (TPSA) is 39.1 Å². The molecule has 1 aliphatic rings. The molecule has 1 saturated heterocycles. The molecule has 1 aliphatic heterocycles. The van der Waals surface area contributed by atoms with Crippen LogP contribution in [0.2, 0.25) is 0 Å².